The Bertz CT molecular complexity index is 990. The van der Waals surface area contributed by atoms with E-state index in [1.807, 2.05) is 51.1 Å². The number of anilines is 1. The zero-order valence-electron chi connectivity index (χ0n) is 17.0. The summed E-state index contributed by atoms with van der Waals surface area (Å²) in [5, 5.41) is 3.84. The molecule has 3 aromatic rings. The van der Waals surface area contributed by atoms with Gasteiger partial charge >= 0.3 is 0 Å². The monoisotopic (exact) mass is 391 g/mol. The maximum Gasteiger partial charge on any atom is 0.234 e. The Kier molecular flexibility index (Phi) is 6.15. The van der Waals surface area contributed by atoms with Crippen molar-refractivity contribution < 1.29 is 4.79 Å². The van der Waals surface area contributed by atoms with Crippen LogP contribution in [0.25, 0.3) is 11.4 Å². The minimum absolute atomic E-state index is 0.0341. The zero-order chi connectivity index (χ0) is 20.3. The van der Waals surface area contributed by atoms with E-state index in [1.165, 1.54) is 22.9 Å². The standard InChI is InChI=1S/C23H25N3OS/c1-14-6-8-19(9-7-14)23-24-18(5)12-21(26-23)28-13-20(27)25-22-16(3)10-15(2)11-17(22)4/h6-12H,13H2,1-5H3,(H,25,27). The van der Waals surface area contributed by atoms with Gasteiger partial charge in [0.2, 0.25) is 5.91 Å². The Labute approximate surface area is 170 Å². The fraction of sp³-hybridized carbons (Fsp3) is 0.261. The van der Waals surface area contributed by atoms with E-state index < -0.39 is 0 Å². The van der Waals surface area contributed by atoms with Crippen molar-refractivity contribution in [2.75, 3.05) is 11.1 Å². The third kappa shape index (κ3) is 4.98. The number of carbonyl (C=O) groups excluding carboxylic acids is 1. The van der Waals surface area contributed by atoms with E-state index in [9.17, 15) is 4.79 Å². The maximum atomic E-state index is 12.5. The second kappa shape index (κ2) is 8.57. The van der Waals surface area contributed by atoms with Gasteiger partial charge in [0, 0.05) is 16.9 Å². The van der Waals surface area contributed by atoms with Gasteiger partial charge in [-0.1, -0.05) is 59.3 Å². The highest BCUT2D eigenvalue weighted by Crippen LogP contribution is 2.24. The second-order valence-electron chi connectivity index (χ2n) is 7.15. The zero-order valence-corrected chi connectivity index (χ0v) is 17.8. The van der Waals surface area contributed by atoms with Crippen molar-refractivity contribution in [3.8, 4) is 11.4 Å². The molecular formula is C23H25N3OS. The molecule has 0 aliphatic carbocycles. The molecule has 0 atom stereocenters. The first-order valence-corrected chi connectivity index (χ1v) is 10.2. The molecule has 0 aliphatic heterocycles. The van der Waals surface area contributed by atoms with Crippen molar-refractivity contribution in [1.82, 2.24) is 9.97 Å². The Balaban J connectivity index is 1.71. The van der Waals surface area contributed by atoms with Gasteiger partial charge in [-0.3, -0.25) is 4.79 Å². The molecule has 1 aromatic heterocycles. The van der Waals surface area contributed by atoms with E-state index in [0.29, 0.717) is 11.6 Å². The largest absolute Gasteiger partial charge is 0.325 e. The van der Waals surface area contributed by atoms with Crippen LogP contribution in [-0.2, 0) is 4.79 Å². The molecule has 0 fully saturated rings. The molecule has 5 heteroatoms. The summed E-state index contributed by atoms with van der Waals surface area (Å²) >= 11 is 1.43. The van der Waals surface area contributed by atoms with Crippen LogP contribution in [0, 0.1) is 34.6 Å². The van der Waals surface area contributed by atoms with Gasteiger partial charge in [0.25, 0.3) is 0 Å². The van der Waals surface area contributed by atoms with Crippen LogP contribution in [0.4, 0.5) is 5.69 Å². The third-order valence-corrected chi connectivity index (χ3v) is 5.34. The van der Waals surface area contributed by atoms with Gasteiger partial charge in [-0.2, -0.15) is 0 Å². The number of nitrogens with zero attached hydrogens (tertiary/aromatic N) is 2. The van der Waals surface area contributed by atoms with Crippen molar-refractivity contribution in [3.63, 3.8) is 0 Å². The molecule has 3 rings (SSSR count). The van der Waals surface area contributed by atoms with Gasteiger partial charge in [0.05, 0.1) is 5.75 Å². The molecule has 0 unspecified atom stereocenters. The quantitative estimate of drug-likeness (QED) is 0.466. The fourth-order valence-corrected chi connectivity index (χ4v) is 3.89. The molecular weight excluding hydrogens is 366 g/mol. The van der Waals surface area contributed by atoms with Crippen molar-refractivity contribution in [2.45, 2.75) is 39.6 Å². The maximum absolute atomic E-state index is 12.5. The lowest BCUT2D eigenvalue weighted by atomic mass is 10.1. The Morgan fingerprint density at radius 2 is 1.54 bits per heavy atom. The average Bonchev–Trinajstić information content (AvgIpc) is 2.63. The van der Waals surface area contributed by atoms with Gasteiger partial charge in [-0.25, -0.2) is 9.97 Å². The average molecular weight is 392 g/mol. The van der Waals surface area contributed by atoms with E-state index in [0.717, 1.165) is 33.1 Å². The van der Waals surface area contributed by atoms with E-state index in [4.69, 9.17) is 0 Å². The summed E-state index contributed by atoms with van der Waals surface area (Å²) in [5.74, 6) is 0.956. The second-order valence-corrected chi connectivity index (χ2v) is 8.14. The minimum atomic E-state index is -0.0341. The van der Waals surface area contributed by atoms with Crippen molar-refractivity contribution in [3.05, 3.63) is 70.4 Å². The highest BCUT2D eigenvalue weighted by molar-refractivity contribution is 7.99. The Hall–Kier alpha value is -2.66. The summed E-state index contributed by atoms with van der Waals surface area (Å²) in [6.45, 7) is 10.1. The van der Waals surface area contributed by atoms with Crippen LogP contribution in [0.15, 0.2) is 47.5 Å². The molecule has 1 amide bonds. The van der Waals surface area contributed by atoms with Crippen molar-refractivity contribution in [2.24, 2.45) is 0 Å². The highest BCUT2D eigenvalue weighted by atomic mass is 32.2. The van der Waals surface area contributed by atoms with Crippen LogP contribution in [0.2, 0.25) is 0 Å². The summed E-state index contributed by atoms with van der Waals surface area (Å²) in [4.78, 5) is 21.6. The lowest BCUT2D eigenvalue weighted by Crippen LogP contribution is -2.16. The molecule has 0 aliphatic rings. The molecule has 2 aromatic carbocycles. The van der Waals surface area contributed by atoms with Crippen LogP contribution in [-0.4, -0.2) is 21.6 Å². The first-order valence-electron chi connectivity index (χ1n) is 9.25. The number of aromatic nitrogens is 2. The number of hydrogen-bond acceptors (Lipinski definition) is 4. The summed E-state index contributed by atoms with van der Waals surface area (Å²) < 4.78 is 0. The lowest BCUT2D eigenvalue weighted by Gasteiger charge is -2.13. The van der Waals surface area contributed by atoms with E-state index in [-0.39, 0.29) is 5.91 Å². The van der Waals surface area contributed by atoms with Crippen LogP contribution in [0.1, 0.15) is 27.9 Å². The highest BCUT2D eigenvalue weighted by Gasteiger charge is 2.11. The molecule has 1 N–H and O–H groups in total. The SMILES string of the molecule is Cc1ccc(-c2nc(C)cc(SCC(=O)Nc3c(C)cc(C)cc3C)n2)cc1. The van der Waals surface area contributed by atoms with Crippen LogP contribution >= 0.6 is 11.8 Å². The molecule has 0 spiro atoms. The van der Waals surface area contributed by atoms with Gasteiger partial charge in [-0.15, -0.1) is 0 Å². The van der Waals surface area contributed by atoms with Gasteiger partial charge < -0.3 is 5.32 Å². The van der Waals surface area contributed by atoms with E-state index >= 15 is 0 Å². The number of hydrogen-bond donors (Lipinski definition) is 1. The van der Waals surface area contributed by atoms with E-state index in [1.54, 1.807) is 0 Å². The molecule has 28 heavy (non-hydrogen) atoms. The Morgan fingerprint density at radius 1 is 0.893 bits per heavy atom. The number of benzene rings is 2. The number of aryl methyl sites for hydroxylation is 5. The third-order valence-electron chi connectivity index (χ3n) is 4.43. The molecule has 0 radical (unpaired) electrons. The summed E-state index contributed by atoms with van der Waals surface area (Å²) in [7, 11) is 0. The van der Waals surface area contributed by atoms with Gasteiger partial charge in [0.15, 0.2) is 5.82 Å². The molecule has 1 heterocycles. The number of rotatable bonds is 5. The number of nitrogens with one attached hydrogen (secondary N) is 1. The predicted octanol–water partition coefficient (Wildman–Crippen LogP) is 5.42. The summed E-state index contributed by atoms with van der Waals surface area (Å²) in [6, 6.07) is 14.2. The van der Waals surface area contributed by atoms with Crippen LogP contribution < -0.4 is 5.32 Å². The van der Waals surface area contributed by atoms with Gasteiger partial charge in [-0.05, 0) is 51.8 Å². The van der Waals surface area contributed by atoms with Crippen LogP contribution in [0.3, 0.4) is 0 Å². The Morgan fingerprint density at radius 3 is 2.18 bits per heavy atom. The fourth-order valence-electron chi connectivity index (χ4n) is 3.14. The first-order chi connectivity index (χ1) is 13.3. The minimum Gasteiger partial charge on any atom is -0.325 e. The topological polar surface area (TPSA) is 54.9 Å². The smallest absolute Gasteiger partial charge is 0.234 e. The number of thioether (sulfide) groups is 1. The molecule has 0 saturated carbocycles. The van der Waals surface area contributed by atoms with Gasteiger partial charge in [0.1, 0.15) is 5.03 Å². The molecule has 144 valence electrons. The molecule has 4 nitrogen and oxygen atoms in total. The number of carbonyl (C=O) groups is 1. The normalized spacial score (nSPS) is 10.8. The lowest BCUT2D eigenvalue weighted by molar-refractivity contribution is -0.113. The summed E-state index contributed by atoms with van der Waals surface area (Å²) in [6.07, 6.45) is 0. The molecule has 0 saturated heterocycles. The van der Waals surface area contributed by atoms with Crippen molar-refractivity contribution in [1.29, 1.82) is 0 Å². The molecule has 0 bridgehead atoms. The number of amides is 1. The van der Waals surface area contributed by atoms with E-state index in [2.05, 4.69) is 41.3 Å². The first kappa shape index (κ1) is 20.1. The van der Waals surface area contributed by atoms with Crippen LogP contribution in [0.5, 0.6) is 0 Å². The summed E-state index contributed by atoms with van der Waals surface area (Å²) in [5.41, 5.74) is 7.32. The predicted molar refractivity (Wildman–Crippen MR) is 117 cm³/mol. The van der Waals surface area contributed by atoms with Crippen molar-refractivity contribution >= 4 is 23.4 Å².